The Balaban J connectivity index is 2.67. The van der Waals surface area contributed by atoms with E-state index in [1.807, 2.05) is 6.07 Å². The average Bonchev–Trinajstić information content (AvgIpc) is 2.39. The summed E-state index contributed by atoms with van der Waals surface area (Å²) in [6.07, 6.45) is 1.36. The van der Waals surface area contributed by atoms with Crippen molar-refractivity contribution in [3.63, 3.8) is 0 Å². The van der Waals surface area contributed by atoms with Gasteiger partial charge in [-0.3, -0.25) is 0 Å². The minimum atomic E-state index is -3.75. The van der Waals surface area contributed by atoms with E-state index in [1.165, 1.54) is 24.4 Å². The highest BCUT2D eigenvalue weighted by atomic mass is 79.9. The predicted molar refractivity (Wildman–Crippen MR) is 68.5 cm³/mol. The molecule has 0 saturated heterocycles. The Kier molecular flexibility index (Phi) is 3.45. The van der Waals surface area contributed by atoms with Gasteiger partial charge in [0.1, 0.15) is 6.07 Å². The zero-order chi connectivity index (χ0) is 13.2. The number of nitriles is 1. The number of hydrogen-bond acceptors (Lipinski definition) is 4. The summed E-state index contributed by atoms with van der Waals surface area (Å²) >= 11 is 3.15. The van der Waals surface area contributed by atoms with Gasteiger partial charge in [0.15, 0.2) is 5.03 Å². The van der Waals surface area contributed by atoms with Crippen molar-refractivity contribution in [2.24, 2.45) is 0 Å². The van der Waals surface area contributed by atoms with Crippen molar-refractivity contribution in [3.05, 3.63) is 52.6 Å². The first-order valence-corrected chi connectivity index (χ1v) is 7.19. The Bertz CT molecular complexity index is 721. The first-order valence-electron chi connectivity index (χ1n) is 4.91. The van der Waals surface area contributed by atoms with Crippen LogP contribution < -0.4 is 0 Å². The fraction of sp³-hybridized carbons (Fsp3) is 0. The lowest BCUT2D eigenvalue weighted by molar-refractivity contribution is 0.592. The lowest BCUT2D eigenvalue weighted by atomic mass is 10.3. The van der Waals surface area contributed by atoms with Crippen LogP contribution in [-0.4, -0.2) is 13.4 Å². The topological polar surface area (TPSA) is 70.8 Å². The molecule has 0 saturated carbocycles. The van der Waals surface area contributed by atoms with Gasteiger partial charge < -0.3 is 0 Å². The summed E-state index contributed by atoms with van der Waals surface area (Å²) < 4.78 is 25.2. The molecule has 0 N–H and O–H groups in total. The lowest BCUT2D eigenvalue weighted by Gasteiger charge is -2.05. The van der Waals surface area contributed by atoms with Crippen LogP contribution in [0.4, 0.5) is 0 Å². The standard InChI is InChI=1S/C12H7BrN2O2S/c13-10-6-9(7-14)12(15-8-10)18(16,17)11-4-2-1-3-5-11/h1-6,8H. The molecule has 18 heavy (non-hydrogen) atoms. The smallest absolute Gasteiger partial charge is 0.225 e. The summed E-state index contributed by atoms with van der Waals surface area (Å²) in [5.41, 5.74) is 0.0215. The molecule has 0 bridgehead atoms. The summed E-state index contributed by atoms with van der Waals surface area (Å²) in [6, 6.07) is 11.2. The van der Waals surface area contributed by atoms with E-state index >= 15 is 0 Å². The summed E-state index contributed by atoms with van der Waals surface area (Å²) in [5, 5.41) is 8.76. The Morgan fingerprint density at radius 1 is 1.22 bits per heavy atom. The normalized spacial score (nSPS) is 10.9. The Morgan fingerprint density at radius 3 is 2.50 bits per heavy atom. The van der Waals surface area contributed by atoms with E-state index in [4.69, 9.17) is 5.26 Å². The van der Waals surface area contributed by atoms with Crippen LogP contribution in [0.15, 0.2) is 57.0 Å². The van der Waals surface area contributed by atoms with Gasteiger partial charge in [-0.1, -0.05) is 18.2 Å². The van der Waals surface area contributed by atoms with Crippen LogP contribution in [0.3, 0.4) is 0 Å². The molecule has 0 aliphatic heterocycles. The Labute approximate surface area is 113 Å². The molecule has 0 amide bonds. The molecule has 2 rings (SSSR count). The van der Waals surface area contributed by atoms with E-state index in [1.54, 1.807) is 18.2 Å². The Morgan fingerprint density at radius 2 is 1.89 bits per heavy atom. The van der Waals surface area contributed by atoms with Gasteiger partial charge in [-0.15, -0.1) is 0 Å². The number of hydrogen-bond donors (Lipinski definition) is 0. The monoisotopic (exact) mass is 322 g/mol. The van der Waals surface area contributed by atoms with Crippen molar-refractivity contribution in [1.82, 2.24) is 4.98 Å². The minimum absolute atomic E-state index is 0.0215. The first kappa shape index (κ1) is 12.7. The fourth-order valence-corrected chi connectivity index (χ4v) is 3.09. The van der Waals surface area contributed by atoms with Crippen molar-refractivity contribution in [1.29, 1.82) is 5.26 Å². The van der Waals surface area contributed by atoms with Crippen molar-refractivity contribution >= 4 is 25.8 Å². The third-order valence-electron chi connectivity index (χ3n) is 2.25. The molecule has 0 aliphatic carbocycles. The molecule has 2 aromatic rings. The van der Waals surface area contributed by atoms with Crippen molar-refractivity contribution in [2.45, 2.75) is 9.92 Å². The van der Waals surface area contributed by atoms with E-state index in [-0.39, 0.29) is 15.5 Å². The van der Waals surface area contributed by atoms with Gasteiger partial charge in [0.2, 0.25) is 9.84 Å². The number of nitrogens with zero attached hydrogens (tertiary/aromatic N) is 2. The van der Waals surface area contributed by atoms with Crippen molar-refractivity contribution in [2.75, 3.05) is 0 Å². The van der Waals surface area contributed by atoms with Gasteiger partial charge in [0, 0.05) is 10.7 Å². The highest BCUT2D eigenvalue weighted by Gasteiger charge is 2.22. The van der Waals surface area contributed by atoms with E-state index in [9.17, 15) is 8.42 Å². The van der Waals surface area contributed by atoms with E-state index in [0.717, 1.165) is 0 Å². The molecule has 1 aromatic heterocycles. The maximum absolute atomic E-state index is 12.3. The van der Waals surface area contributed by atoms with Gasteiger partial charge in [-0.25, -0.2) is 13.4 Å². The van der Waals surface area contributed by atoms with Crippen LogP contribution in [0.25, 0.3) is 0 Å². The quantitative estimate of drug-likeness (QED) is 0.851. The maximum atomic E-state index is 12.3. The number of sulfone groups is 1. The van der Waals surface area contributed by atoms with Crippen LogP contribution in [0, 0.1) is 11.3 Å². The van der Waals surface area contributed by atoms with Crippen LogP contribution in [0.2, 0.25) is 0 Å². The molecule has 90 valence electrons. The molecule has 1 aromatic carbocycles. The van der Waals surface area contributed by atoms with Gasteiger partial charge in [0.25, 0.3) is 0 Å². The van der Waals surface area contributed by atoms with E-state index in [0.29, 0.717) is 4.47 Å². The number of pyridine rings is 1. The van der Waals surface area contributed by atoms with Gasteiger partial charge in [0.05, 0.1) is 10.5 Å². The van der Waals surface area contributed by atoms with Crippen molar-refractivity contribution < 1.29 is 8.42 Å². The summed E-state index contributed by atoms with van der Waals surface area (Å²) in [7, 11) is -3.75. The molecule has 6 heteroatoms. The van der Waals surface area contributed by atoms with Gasteiger partial charge >= 0.3 is 0 Å². The molecule has 0 spiro atoms. The zero-order valence-electron chi connectivity index (χ0n) is 9.04. The molecule has 0 atom stereocenters. The SMILES string of the molecule is N#Cc1cc(Br)cnc1S(=O)(=O)c1ccccc1. The second-order valence-electron chi connectivity index (χ2n) is 3.43. The highest BCUT2D eigenvalue weighted by Crippen LogP contribution is 2.23. The molecular weight excluding hydrogens is 316 g/mol. The van der Waals surface area contributed by atoms with Crippen LogP contribution in [0.1, 0.15) is 5.56 Å². The Hall–Kier alpha value is -1.71. The van der Waals surface area contributed by atoms with Gasteiger partial charge in [-0.2, -0.15) is 5.26 Å². The highest BCUT2D eigenvalue weighted by molar-refractivity contribution is 9.10. The summed E-state index contributed by atoms with van der Waals surface area (Å²) in [5.74, 6) is 0. The third kappa shape index (κ3) is 2.28. The molecule has 1 heterocycles. The largest absolute Gasteiger partial charge is 0.242 e. The number of rotatable bonds is 2. The number of halogens is 1. The average molecular weight is 323 g/mol. The minimum Gasteiger partial charge on any atom is -0.242 e. The number of aromatic nitrogens is 1. The van der Waals surface area contributed by atoms with E-state index in [2.05, 4.69) is 20.9 Å². The molecule has 0 unspecified atom stereocenters. The van der Waals surface area contributed by atoms with Crippen LogP contribution >= 0.6 is 15.9 Å². The maximum Gasteiger partial charge on any atom is 0.225 e. The fourth-order valence-electron chi connectivity index (χ4n) is 1.43. The first-order chi connectivity index (χ1) is 8.55. The molecule has 4 nitrogen and oxygen atoms in total. The molecule has 0 aliphatic rings. The second kappa shape index (κ2) is 4.88. The van der Waals surface area contributed by atoms with Crippen LogP contribution in [-0.2, 0) is 9.84 Å². The molecular formula is C12H7BrN2O2S. The predicted octanol–water partition coefficient (Wildman–Crippen LogP) is 2.55. The third-order valence-corrected chi connectivity index (χ3v) is 4.41. The molecule has 0 radical (unpaired) electrons. The second-order valence-corrected chi connectivity index (χ2v) is 6.22. The van der Waals surface area contributed by atoms with E-state index < -0.39 is 9.84 Å². The molecule has 0 fully saturated rings. The number of benzene rings is 1. The van der Waals surface area contributed by atoms with Crippen LogP contribution in [0.5, 0.6) is 0 Å². The van der Waals surface area contributed by atoms with Gasteiger partial charge in [-0.05, 0) is 34.1 Å². The summed E-state index contributed by atoms with van der Waals surface area (Å²) in [6.45, 7) is 0. The zero-order valence-corrected chi connectivity index (χ0v) is 11.4. The lowest BCUT2D eigenvalue weighted by Crippen LogP contribution is -2.06. The van der Waals surface area contributed by atoms with Crippen molar-refractivity contribution in [3.8, 4) is 6.07 Å². The summed E-state index contributed by atoms with van der Waals surface area (Å²) in [4.78, 5) is 3.96.